The Balaban J connectivity index is 2.00. The smallest absolute Gasteiger partial charge is 0.316 e. The van der Waals surface area contributed by atoms with Crippen LogP contribution in [0.5, 0.6) is 0 Å². The molecule has 0 bridgehead atoms. The number of rotatable bonds is 3. The summed E-state index contributed by atoms with van der Waals surface area (Å²) in [7, 11) is 0. The molecule has 1 aliphatic rings. The van der Waals surface area contributed by atoms with Crippen molar-refractivity contribution in [3.8, 4) is 0 Å². The Morgan fingerprint density at radius 3 is 2.53 bits per heavy atom. The molecule has 0 fully saturated rings. The van der Waals surface area contributed by atoms with Crippen molar-refractivity contribution in [1.82, 2.24) is 0 Å². The van der Waals surface area contributed by atoms with E-state index in [0.717, 1.165) is 19.3 Å². The maximum atomic E-state index is 12.0. The van der Waals surface area contributed by atoms with Gasteiger partial charge in [-0.05, 0) is 37.5 Å². The van der Waals surface area contributed by atoms with Crippen LogP contribution in [0, 0.1) is 5.92 Å². The zero-order valence-electron chi connectivity index (χ0n) is 10.6. The van der Waals surface area contributed by atoms with Crippen molar-refractivity contribution in [2.45, 2.75) is 19.3 Å². The van der Waals surface area contributed by atoms with Gasteiger partial charge in [-0.15, -0.1) is 0 Å². The van der Waals surface area contributed by atoms with E-state index < -0.39 is 6.03 Å². The van der Waals surface area contributed by atoms with Crippen molar-refractivity contribution in [2.75, 3.05) is 10.6 Å². The van der Waals surface area contributed by atoms with E-state index in [4.69, 9.17) is 5.73 Å². The largest absolute Gasteiger partial charge is 0.351 e. The molecule has 0 aromatic heterocycles. The number of hydrogen-bond donors (Lipinski definition) is 3. The van der Waals surface area contributed by atoms with E-state index in [1.165, 1.54) is 0 Å². The minimum Gasteiger partial charge on any atom is -0.351 e. The van der Waals surface area contributed by atoms with Crippen LogP contribution in [-0.4, -0.2) is 11.9 Å². The summed E-state index contributed by atoms with van der Waals surface area (Å²) in [6.07, 6.45) is 6.74. The summed E-state index contributed by atoms with van der Waals surface area (Å²) >= 11 is 0. The minimum atomic E-state index is -0.624. The van der Waals surface area contributed by atoms with E-state index in [0.29, 0.717) is 11.4 Å². The van der Waals surface area contributed by atoms with Gasteiger partial charge in [0.15, 0.2) is 0 Å². The second-order valence-corrected chi connectivity index (χ2v) is 4.54. The van der Waals surface area contributed by atoms with Crippen LogP contribution in [0.15, 0.2) is 36.4 Å². The molecular weight excluding hydrogens is 242 g/mol. The summed E-state index contributed by atoms with van der Waals surface area (Å²) in [6, 6.07) is 6.30. The lowest BCUT2D eigenvalue weighted by atomic mass is 9.93. The fourth-order valence-corrected chi connectivity index (χ4v) is 2.09. The predicted molar refractivity (Wildman–Crippen MR) is 74.8 cm³/mol. The minimum absolute atomic E-state index is 0.0144. The number of benzene rings is 1. The van der Waals surface area contributed by atoms with Crippen LogP contribution >= 0.6 is 0 Å². The van der Waals surface area contributed by atoms with Gasteiger partial charge in [0.2, 0.25) is 5.91 Å². The zero-order valence-corrected chi connectivity index (χ0v) is 10.6. The van der Waals surface area contributed by atoms with Crippen LogP contribution in [0.25, 0.3) is 0 Å². The number of nitrogens with one attached hydrogen (secondary N) is 2. The van der Waals surface area contributed by atoms with Gasteiger partial charge in [-0.3, -0.25) is 4.79 Å². The molecule has 1 atom stereocenters. The van der Waals surface area contributed by atoms with E-state index in [9.17, 15) is 9.59 Å². The van der Waals surface area contributed by atoms with Crippen LogP contribution in [-0.2, 0) is 4.79 Å². The van der Waals surface area contributed by atoms with Gasteiger partial charge in [0, 0.05) is 17.3 Å². The van der Waals surface area contributed by atoms with E-state index >= 15 is 0 Å². The summed E-state index contributed by atoms with van der Waals surface area (Å²) in [5.41, 5.74) is 6.27. The van der Waals surface area contributed by atoms with Crippen LogP contribution < -0.4 is 16.4 Å². The highest BCUT2D eigenvalue weighted by Crippen LogP contribution is 2.21. The first kappa shape index (κ1) is 13.1. The number of primary amides is 1. The molecule has 0 radical (unpaired) electrons. The molecule has 0 heterocycles. The Labute approximate surface area is 111 Å². The van der Waals surface area contributed by atoms with Crippen molar-refractivity contribution in [3.05, 3.63) is 36.4 Å². The number of allylic oxidation sites excluding steroid dienone is 2. The number of hydrogen-bond acceptors (Lipinski definition) is 2. The topological polar surface area (TPSA) is 84.2 Å². The van der Waals surface area contributed by atoms with Crippen molar-refractivity contribution in [2.24, 2.45) is 11.7 Å². The lowest BCUT2D eigenvalue weighted by Crippen LogP contribution is -2.23. The van der Waals surface area contributed by atoms with Crippen molar-refractivity contribution < 1.29 is 9.59 Å². The number of amides is 3. The summed E-state index contributed by atoms with van der Waals surface area (Å²) in [4.78, 5) is 22.8. The van der Waals surface area contributed by atoms with Gasteiger partial charge in [-0.25, -0.2) is 4.79 Å². The third-order valence-corrected chi connectivity index (χ3v) is 3.04. The molecule has 4 N–H and O–H groups in total. The molecular formula is C14H17N3O2. The van der Waals surface area contributed by atoms with Crippen LogP contribution in [0.2, 0.25) is 0 Å². The molecule has 5 nitrogen and oxygen atoms in total. The Kier molecular flexibility index (Phi) is 4.18. The molecule has 3 amide bonds. The van der Waals surface area contributed by atoms with E-state index in [1.807, 2.05) is 6.08 Å². The second-order valence-electron chi connectivity index (χ2n) is 4.54. The fourth-order valence-electron chi connectivity index (χ4n) is 2.09. The first-order valence-corrected chi connectivity index (χ1v) is 6.27. The van der Waals surface area contributed by atoms with Crippen LogP contribution in [0.4, 0.5) is 16.2 Å². The van der Waals surface area contributed by atoms with Gasteiger partial charge in [0.05, 0.1) is 0 Å². The lowest BCUT2D eigenvalue weighted by molar-refractivity contribution is -0.120. The van der Waals surface area contributed by atoms with E-state index in [1.54, 1.807) is 24.3 Å². The average Bonchev–Trinajstić information content (AvgIpc) is 2.39. The Bertz CT molecular complexity index is 511. The monoisotopic (exact) mass is 259 g/mol. The molecule has 0 saturated heterocycles. The number of carbonyl (C=O) groups is 2. The molecule has 1 aromatic rings. The fraction of sp³-hybridized carbons (Fsp3) is 0.286. The molecule has 2 rings (SSSR count). The quantitative estimate of drug-likeness (QED) is 0.728. The summed E-state index contributed by atoms with van der Waals surface area (Å²) in [6.45, 7) is 0. The summed E-state index contributed by atoms with van der Waals surface area (Å²) < 4.78 is 0. The number of nitrogens with two attached hydrogens (primary N) is 1. The van der Waals surface area contributed by atoms with Crippen molar-refractivity contribution in [3.63, 3.8) is 0 Å². The normalized spacial score (nSPS) is 17.8. The van der Waals surface area contributed by atoms with Gasteiger partial charge in [-0.1, -0.05) is 18.2 Å². The molecule has 100 valence electrons. The Morgan fingerprint density at radius 2 is 1.89 bits per heavy atom. The maximum absolute atomic E-state index is 12.0. The molecule has 1 aromatic carbocycles. The van der Waals surface area contributed by atoms with E-state index in [2.05, 4.69) is 16.7 Å². The first-order valence-electron chi connectivity index (χ1n) is 6.27. The SMILES string of the molecule is NC(=O)Nc1cccc(NC(=O)C2CC=CCC2)c1. The van der Waals surface area contributed by atoms with Crippen molar-refractivity contribution in [1.29, 1.82) is 0 Å². The molecule has 1 aliphatic carbocycles. The number of carbonyl (C=O) groups excluding carboxylic acids is 2. The maximum Gasteiger partial charge on any atom is 0.316 e. The van der Waals surface area contributed by atoms with Gasteiger partial charge < -0.3 is 16.4 Å². The number of anilines is 2. The highest BCUT2D eigenvalue weighted by atomic mass is 16.2. The van der Waals surface area contributed by atoms with Crippen molar-refractivity contribution >= 4 is 23.3 Å². The van der Waals surface area contributed by atoms with Gasteiger partial charge >= 0.3 is 6.03 Å². The standard InChI is InChI=1S/C14H17N3O2/c15-14(19)17-12-8-4-7-11(9-12)16-13(18)10-5-2-1-3-6-10/h1-2,4,7-10H,3,5-6H2,(H,16,18)(H3,15,17,19). The molecule has 5 heteroatoms. The number of urea groups is 1. The first-order chi connectivity index (χ1) is 9.15. The van der Waals surface area contributed by atoms with Gasteiger partial charge in [0.25, 0.3) is 0 Å². The highest BCUT2D eigenvalue weighted by Gasteiger charge is 2.18. The molecule has 19 heavy (non-hydrogen) atoms. The molecule has 0 aliphatic heterocycles. The third kappa shape index (κ3) is 3.84. The van der Waals surface area contributed by atoms with Crippen LogP contribution in [0.1, 0.15) is 19.3 Å². The summed E-state index contributed by atoms with van der Waals surface area (Å²) in [5, 5.41) is 5.33. The zero-order chi connectivity index (χ0) is 13.7. The second kappa shape index (κ2) is 6.04. The average molecular weight is 259 g/mol. The summed E-state index contributed by atoms with van der Waals surface area (Å²) in [5.74, 6) is 0.0401. The predicted octanol–water partition coefficient (Wildman–Crippen LogP) is 2.47. The van der Waals surface area contributed by atoms with Gasteiger partial charge in [0.1, 0.15) is 0 Å². The van der Waals surface area contributed by atoms with E-state index in [-0.39, 0.29) is 11.8 Å². The molecule has 1 unspecified atom stereocenters. The Morgan fingerprint density at radius 1 is 1.16 bits per heavy atom. The highest BCUT2D eigenvalue weighted by molar-refractivity contribution is 5.94. The van der Waals surface area contributed by atoms with Crippen LogP contribution in [0.3, 0.4) is 0 Å². The Hall–Kier alpha value is -2.30. The lowest BCUT2D eigenvalue weighted by Gasteiger charge is -2.17. The third-order valence-electron chi connectivity index (χ3n) is 3.04. The van der Waals surface area contributed by atoms with Gasteiger partial charge in [-0.2, -0.15) is 0 Å². The molecule has 0 spiro atoms. The molecule has 0 saturated carbocycles.